The topological polar surface area (TPSA) is 113 Å². The standard InChI is InChI=1S/C23H23N3O6/c1-15-11-19(16(2)25(15)13-17-7-5-4-6-8-17)23(28)32-14-22(27)24-20-10-9-18(26(29)30)12-21(20)31-3/h4-12H,13-14H2,1-3H3,(H,24,27). The summed E-state index contributed by atoms with van der Waals surface area (Å²) >= 11 is 0. The van der Waals surface area contributed by atoms with Crippen molar-refractivity contribution in [3.63, 3.8) is 0 Å². The maximum absolute atomic E-state index is 12.6. The molecule has 3 aromatic rings. The number of hydrogen-bond donors (Lipinski definition) is 1. The molecule has 0 bridgehead atoms. The molecule has 9 heteroatoms. The van der Waals surface area contributed by atoms with E-state index in [1.54, 1.807) is 6.07 Å². The van der Waals surface area contributed by atoms with Gasteiger partial charge in [-0.3, -0.25) is 14.9 Å². The monoisotopic (exact) mass is 437 g/mol. The molecule has 1 heterocycles. The molecule has 0 radical (unpaired) electrons. The van der Waals surface area contributed by atoms with Crippen LogP contribution >= 0.6 is 0 Å². The highest BCUT2D eigenvalue weighted by atomic mass is 16.6. The van der Waals surface area contributed by atoms with Crippen LogP contribution in [0.3, 0.4) is 0 Å². The van der Waals surface area contributed by atoms with Crippen LogP contribution in [-0.2, 0) is 16.1 Å². The second kappa shape index (κ2) is 9.78. The third-order valence-corrected chi connectivity index (χ3v) is 4.98. The lowest BCUT2D eigenvalue weighted by Crippen LogP contribution is -2.21. The zero-order chi connectivity index (χ0) is 23.3. The summed E-state index contributed by atoms with van der Waals surface area (Å²) in [5.41, 5.74) is 3.20. The predicted octanol–water partition coefficient (Wildman–Crippen LogP) is 3.87. The smallest absolute Gasteiger partial charge is 0.340 e. The van der Waals surface area contributed by atoms with Crippen molar-refractivity contribution in [3.8, 4) is 5.75 Å². The molecule has 9 nitrogen and oxygen atoms in total. The molecule has 1 N–H and O–H groups in total. The van der Waals surface area contributed by atoms with Gasteiger partial charge in [0.25, 0.3) is 11.6 Å². The number of non-ortho nitro benzene ring substituents is 1. The van der Waals surface area contributed by atoms with Crippen molar-refractivity contribution in [2.75, 3.05) is 19.0 Å². The summed E-state index contributed by atoms with van der Waals surface area (Å²) < 4.78 is 12.3. The number of amides is 1. The first-order valence-corrected chi connectivity index (χ1v) is 9.80. The number of benzene rings is 2. The molecule has 2 aromatic carbocycles. The van der Waals surface area contributed by atoms with Crippen LogP contribution in [-0.4, -0.2) is 35.1 Å². The van der Waals surface area contributed by atoms with Gasteiger partial charge in [-0.05, 0) is 31.5 Å². The SMILES string of the molecule is COc1cc([N+](=O)[O-])ccc1NC(=O)COC(=O)c1cc(C)n(Cc2ccccc2)c1C. The second-order valence-electron chi connectivity index (χ2n) is 7.12. The molecule has 0 atom stereocenters. The van der Waals surface area contributed by atoms with Gasteiger partial charge in [-0.2, -0.15) is 0 Å². The van der Waals surface area contributed by atoms with Gasteiger partial charge in [-0.25, -0.2) is 4.79 Å². The molecular weight excluding hydrogens is 414 g/mol. The van der Waals surface area contributed by atoms with E-state index < -0.39 is 23.4 Å². The zero-order valence-corrected chi connectivity index (χ0v) is 18.0. The summed E-state index contributed by atoms with van der Waals surface area (Å²) in [6.07, 6.45) is 0. The van der Waals surface area contributed by atoms with Gasteiger partial charge in [0.15, 0.2) is 6.61 Å². The number of rotatable bonds is 8. The molecule has 166 valence electrons. The summed E-state index contributed by atoms with van der Waals surface area (Å²) in [5.74, 6) is -1.07. The van der Waals surface area contributed by atoms with Crippen LogP contribution in [0.25, 0.3) is 0 Å². The van der Waals surface area contributed by atoms with Gasteiger partial charge < -0.3 is 19.4 Å². The van der Waals surface area contributed by atoms with Crippen LogP contribution in [0.15, 0.2) is 54.6 Å². The minimum atomic E-state index is -0.608. The molecule has 0 fully saturated rings. The van der Waals surface area contributed by atoms with Crippen LogP contribution in [0, 0.1) is 24.0 Å². The Hall–Kier alpha value is -4.14. The quantitative estimate of drug-likeness (QED) is 0.325. The van der Waals surface area contributed by atoms with Crippen LogP contribution in [0.5, 0.6) is 5.75 Å². The number of nitrogens with one attached hydrogen (secondary N) is 1. The number of hydrogen-bond acceptors (Lipinski definition) is 6. The molecule has 0 unspecified atom stereocenters. The number of methoxy groups -OCH3 is 1. The van der Waals surface area contributed by atoms with Gasteiger partial charge in [-0.1, -0.05) is 30.3 Å². The number of carbonyl (C=O) groups is 2. The number of anilines is 1. The molecule has 0 aliphatic carbocycles. The number of nitrogens with zero attached hydrogens (tertiary/aromatic N) is 2. The molecule has 0 spiro atoms. The van der Waals surface area contributed by atoms with Crippen LogP contribution in [0.4, 0.5) is 11.4 Å². The van der Waals surface area contributed by atoms with Gasteiger partial charge >= 0.3 is 5.97 Å². The normalized spacial score (nSPS) is 10.5. The van der Waals surface area contributed by atoms with E-state index in [0.717, 1.165) is 17.0 Å². The maximum atomic E-state index is 12.6. The molecular formula is C23H23N3O6. The summed E-state index contributed by atoms with van der Waals surface area (Å²) in [4.78, 5) is 35.1. The maximum Gasteiger partial charge on any atom is 0.340 e. The van der Waals surface area contributed by atoms with Gasteiger partial charge in [0, 0.05) is 24.0 Å². The van der Waals surface area contributed by atoms with Crippen molar-refractivity contribution in [3.05, 3.63) is 87.2 Å². The minimum Gasteiger partial charge on any atom is -0.494 e. The molecule has 1 amide bonds. The molecule has 1 aromatic heterocycles. The first-order valence-electron chi connectivity index (χ1n) is 9.80. The Morgan fingerprint density at radius 3 is 2.47 bits per heavy atom. The third kappa shape index (κ3) is 5.12. The average Bonchev–Trinajstić information content (AvgIpc) is 3.06. The zero-order valence-electron chi connectivity index (χ0n) is 18.0. The van der Waals surface area contributed by atoms with E-state index in [1.807, 2.05) is 48.7 Å². The lowest BCUT2D eigenvalue weighted by atomic mass is 10.2. The van der Waals surface area contributed by atoms with E-state index in [-0.39, 0.29) is 17.1 Å². The van der Waals surface area contributed by atoms with Gasteiger partial charge in [0.2, 0.25) is 0 Å². The van der Waals surface area contributed by atoms with E-state index in [1.165, 1.54) is 25.3 Å². The first-order chi connectivity index (χ1) is 15.3. The minimum absolute atomic E-state index is 0.128. The van der Waals surface area contributed by atoms with Gasteiger partial charge in [0.05, 0.1) is 29.4 Å². The van der Waals surface area contributed by atoms with Gasteiger partial charge in [0.1, 0.15) is 5.75 Å². The van der Waals surface area contributed by atoms with Crippen molar-refractivity contribution >= 4 is 23.3 Å². The van der Waals surface area contributed by atoms with E-state index in [2.05, 4.69) is 5.32 Å². The Morgan fingerprint density at radius 2 is 1.81 bits per heavy atom. The summed E-state index contributed by atoms with van der Waals surface area (Å²) in [7, 11) is 1.33. The van der Waals surface area contributed by atoms with Gasteiger partial charge in [-0.15, -0.1) is 0 Å². The Kier molecular flexibility index (Phi) is 6.89. The number of aryl methyl sites for hydroxylation is 1. The number of carbonyl (C=O) groups excluding carboxylic acids is 2. The summed E-state index contributed by atoms with van der Waals surface area (Å²) in [6, 6.07) is 15.4. The fraction of sp³-hybridized carbons (Fsp3) is 0.217. The number of esters is 1. The van der Waals surface area contributed by atoms with E-state index >= 15 is 0 Å². The highest BCUT2D eigenvalue weighted by Gasteiger charge is 2.19. The lowest BCUT2D eigenvalue weighted by molar-refractivity contribution is -0.384. The summed E-state index contributed by atoms with van der Waals surface area (Å²) in [6.45, 7) is 3.84. The molecule has 0 aliphatic heterocycles. The molecule has 32 heavy (non-hydrogen) atoms. The van der Waals surface area contributed by atoms with Crippen molar-refractivity contribution in [1.82, 2.24) is 4.57 Å². The predicted molar refractivity (Wildman–Crippen MR) is 118 cm³/mol. The van der Waals surface area contributed by atoms with Crippen molar-refractivity contribution < 1.29 is 24.0 Å². The van der Waals surface area contributed by atoms with Crippen molar-refractivity contribution in [2.24, 2.45) is 0 Å². The van der Waals surface area contributed by atoms with Crippen LogP contribution in [0.2, 0.25) is 0 Å². The second-order valence-corrected chi connectivity index (χ2v) is 7.12. The van der Waals surface area contributed by atoms with Crippen LogP contribution < -0.4 is 10.1 Å². The van der Waals surface area contributed by atoms with Crippen LogP contribution in [0.1, 0.15) is 27.3 Å². The number of ether oxygens (including phenoxy) is 2. The number of aromatic nitrogens is 1. The Labute approximate surface area is 184 Å². The van der Waals surface area contributed by atoms with E-state index in [4.69, 9.17) is 9.47 Å². The first kappa shape index (κ1) is 22.5. The summed E-state index contributed by atoms with van der Waals surface area (Å²) in [5, 5.41) is 13.4. The largest absolute Gasteiger partial charge is 0.494 e. The lowest BCUT2D eigenvalue weighted by Gasteiger charge is -2.11. The Balaban J connectivity index is 1.64. The Morgan fingerprint density at radius 1 is 1.09 bits per heavy atom. The van der Waals surface area contributed by atoms with Crippen molar-refractivity contribution in [1.29, 1.82) is 0 Å². The fourth-order valence-corrected chi connectivity index (χ4v) is 3.31. The highest BCUT2D eigenvalue weighted by Crippen LogP contribution is 2.29. The highest BCUT2D eigenvalue weighted by molar-refractivity contribution is 5.97. The average molecular weight is 437 g/mol. The number of nitro groups is 1. The molecule has 0 saturated heterocycles. The number of nitro benzene ring substituents is 1. The van der Waals surface area contributed by atoms with E-state index in [0.29, 0.717) is 12.1 Å². The molecule has 0 saturated carbocycles. The van der Waals surface area contributed by atoms with Crippen molar-refractivity contribution in [2.45, 2.75) is 20.4 Å². The third-order valence-electron chi connectivity index (χ3n) is 4.98. The Bertz CT molecular complexity index is 1150. The fourth-order valence-electron chi connectivity index (χ4n) is 3.31. The van der Waals surface area contributed by atoms with E-state index in [9.17, 15) is 19.7 Å². The molecule has 0 aliphatic rings. The molecule has 3 rings (SSSR count).